The summed E-state index contributed by atoms with van der Waals surface area (Å²) in [6.07, 6.45) is 2.88. The molecule has 0 radical (unpaired) electrons. The first-order chi connectivity index (χ1) is 7.25. The number of carbonyl (C=O) groups is 1. The fraction of sp³-hybridized carbons (Fsp3) is 0.462. The molecule has 1 aliphatic carbocycles. The third kappa shape index (κ3) is 2.85. The molecule has 0 N–H and O–H groups in total. The lowest BCUT2D eigenvalue weighted by Gasteiger charge is -2.24. The Bertz CT molecular complexity index is 334. The van der Waals surface area contributed by atoms with Crippen molar-refractivity contribution >= 4 is 17.5 Å². The summed E-state index contributed by atoms with van der Waals surface area (Å²) in [7, 11) is 0. The molecule has 0 amide bonds. The second kappa shape index (κ2) is 4.84. The number of ketones is 1. The van der Waals surface area contributed by atoms with Crippen LogP contribution in [0.4, 0.5) is 0 Å². The van der Waals surface area contributed by atoms with Gasteiger partial charge in [-0.05, 0) is 30.9 Å². The number of thioether (sulfide) groups is 1. The van der Waals surface area contributed by atoms with Crippen LogP contribution in [0.25, 0.3) is 0 Å². The number of hydrogen-bond donors (Lipinski definition) is 0. The minimum absolute atomic E-state index is 0.191. The van der Waals surface area contributed by atoms with Gasteiger partial charge in [0.15, 0.2) is 0 Å². The van der Waals surface area contributed by atoms with Gasteiger partial charge in [0.2, 0.25) is 0 Å². The lowest BCUT2D eigenvalue weighted by Crippen LogP contribution is -2.25. The van der Waals surface area contributed by atoms with E-state index in [1.165, 1.54) is 4.90 Å². The zero-order valence-electron chi connectivity index (χ0n) is 8.98. The van der Waals surface area contributed by atoms with Crippen LogP contribution >= 0.6 is 11.8 Å². The monoisotopic (exact) mass is 220 g/mol. The fourth-order valence-electron chi connectivity index (χ4n) is 1.94. The molecule has 1 aromatic carbocycles. The van der Waals surface area contributed by atoms with Crippen molar-refractivity contribution in [3.63, 3.8) is 0 Å². The number of hydrogen-bond acceptors (Lipinski definition) is 2. The molecule has 15 heavy (non-hydrogen) atoms. The molecule has 1 aromatic rings. The molecule has 0 unspecified atom stereocenters. The summed E-state index contributed by atoms with van der Waals surface area (Å²) in [4.78, 5) is 12.9. The average molecular weight is 220 g/mol. The molecule has 1 nitrogen and oxygen atoms in total. The van der Waals surface area contributed by atoms with Crippen molar-refractivity contribution in [2.45, 2.75) is 36.3 Å². The quantitative estimate of drug-likeness (QED) is 0.758. The normalized spacial score (nSPS) is 26.6. The van der Waals surface area contributed by atoms with E-state index in [0.29, 0.717) is 11.7 Å². The second-order valence-electron chi connectivity index (χ2n) is 4.27. The molecule has 0 heterocycles. The standard InChI is InChI=1S/C13H16OS/c1-10-7-8-12(14)13(9-10)15-11-5-3-2-4-6-11/h2-6,10,13H,7-9H2,1H3/t10-,13-/m1/s1. The van der Waals surface area contributed by atoms with Crippen LogP contribution < -0.4 is 0 Å². The van der Waals surface area contributed by atoms with Crippen LogP contribution in [0.15, 0.2) is 35.2 Å². The van der Waals surface area contributed by atoms with E-state index in [9.17, 15) is 4.79 Å². The Labute approximate surface area is 95.3 Å². The van der Waals surface area contributed by atoms with Crippen molar-refractivity contribution in [3.8, 4) is 0 Å². The highest BCUT2D eigenvalue weighted by Crippen LogP contribution is 2.33. The van der Waals surface area contributed by atoms with E-state index in [-0.39, 0.29) is 5.25 Å². The van der Waals surface area contributed by atoms with Gasteiger partial charge in [0.25, 0.3) is 0 Å². The van der Waals surface area contributed by atoms with E-state index >= 15 is 0 Å². The Hall–Kier alpha value is -0.760. The van der Waals surface area contributed by atoms with Gasteiger partial charge in [0.05, 0.1) is 5.25 Å². The van der Waals surface area contributed by atoms with Gasteiger partial charge >= 0.3 is 0 Å². The smallest absolute Gasteiger partial charge is 0.146 e. The topological polar surface area (TPSA) is 17.1 Å². The summed E-state index contributed by atoms with van der Waals surface area (Å²) in [5.41, 5.74) is 0. The molecule has 0 aromatic heterocycles. The third-order valence-electron chi connectivity index (χ3n) is 2.88. The number of Topliss-reactive ketones (excluding diaryl/α,β-unsaturated/α-hetero) is 1. The van der Waals surface area contributed by atoms with Crippen molar-refractivity contribution in [1.82, 2.24) is 0 Å². The minimum atomic E-state index is 0.191. The lowest BCUT2D eigenvalue weighted by atomic mass is 9.90. The summed E-state index contributed by atoms with van der Waals surface area (Å²) < 4.78 is 0. The van der Waals surface area contributed by atoms with Crippen molar-refractivity contribution in [2.24, 2.45) is 5.92 Å². The summed E-state index contributed by atoms with van der Waals surface area (Å²) in [5.74, 6) is 1.13. The molecular formula is C13H16OS. The molecule has 80 valence electrons. The molecule has 1 fully saturated rings. The second-order valence-corrected chi connectivity index (χ2v) is 5.54. The maximum absolute atomic E-state index is 11.7. The Balaban J connectivity index is 2.01. The van der Waals surface area contributed by atoms with Gasteiger partial charge in [0, 0.05) is 11.3 Å². The molecule has 2 heteroatoms. The van der Waals surface area contributed by atoms with E-state index in [2.05, 4.69) is 19.1 Å². The Morgan fingerprint density at radius 3 is 2.73 bits per heavy atom. The van der Waals surface area contributed by atoms with Gasteiger partial charge in [-0.1, -0.05) is 25.1 Å². The molecule has 0 aliphatic heterocycles. The molecule has 0 saturated heterocycles. The Morgan fingerprint density at radius 2 is 2.00 bits per heavy atom. The molecular weight excluding hydrogens is 204 g/mol. The van der Waals surface area contributed by atoms with E-state index in [1.807, 2.05) is 18.2 Å². The van der Waals surface area contributed by atoms with Crippen LogP contribution in [0.5, 0.6) is 0 Å². The maximum atomic E-state index is 11.7. The predicted molar refractivity (Wildman–Crippen MR) is 64.1 cm³/mol. The highest BCUT2D eigenvalue weighted by Gasteiger charge is 2.26. The molecule has 0 spiro atoms. The highest BCUT2D eigenvalue weighted by atomic mass is 32.2. The van der Waals surface area contributed by atoms with Crippen molar-refractivity contribution < 1.29 is 4.79 Å². The van der Waals surface area contributed by atoms with Gasteiger partial charge in [-0.3, -0.25) is 4.79 Å². The van der Waals surface area contributed by atoms with Gasteiger partial charge in [-0.2, -0.15) is 0 Å². The zero-order valence-corrected chi connectivity index (χ0v) is 9.80. The van der Waals surface area contributed by atoms with Crippen LogP contribution in [0, 0.1) is 5.92 Å². The summed E-state index contributed by atoms with van der Waals surface area (Å²) in [6.45, 7) is 2.24. The van der Waals surface area contributed by atoms with E-state index in [0.717, 1.165) is 19.3 Å². The number of benzene rings is 1. The van der Waals surface area contributed by atoms with Gasteiger partial charge in [-0.15, -0.1) is 11.8 Å². The average Bonchev–Trinajstić information content (AvgIpc) is 2.25. The van der Waals surface area contributed by atoms with Crippen LogP contribution in [0.1, 0.15) is 26.2 Å². The molecule has 1 aliphatic rings. The molecule has 1 saturated carbocycles. The van der Waals surface area contributed by atoms with Crippen molar-refractivity contribution in [1.29, 1.82) is 0 Å². The van der Waals surface area contributed by atoms with Crippen LogP contribution in [-0.2, 0) is 4.79 Å². The molecule has 2 atom stereocenters. The maximum Gasteiger partial charge on any atom is 0.146 e. The van der Waals surface area contributed by atoms with Gasteiger partial charge in [-0.25, -0.2) is 0 Å². The molecule has 2 rings (SSSR count). The van der Waals surface area contributed by atoms with Crippen molar-refractivity contribution in [2.75, 3.05) is 0 Å². The summed E-state index contributed by atoms with van der Waals surface area (Å²) >= 11 is 1.73. The summed E-state index contributed by atoms with van der Waals surface area (Å²) in [5, 5.41) is 0.191. The summed E-state index contributed by atoms with van der Waals surface area (Å²) in [6, 6.07) is 10.2. The lowest BCUT2D eigenvalue weighted by molar-refractivity contribution is -0.120. The van der Waals surface area contributed by atoms with Crippen LogP contribution in [0.3, 0.4) is 0 Å². The minimum Gasteiger partial charge on any atom is -0.298 e. The Kier molecular flexibility index (Phi) is 3.47. The van der Waals surface area contributed by atoms with Crippen molar-refractivity contribution in [3.05, 3.63) is 30.3 Å². The predicted octanol–water partition coefficient (Wildman–Crippen LogP) is 3.54. The first kappa shape index (κ1) is 10.7. The number of rotatable bonds is 2. The van der Waals surface area contributed by atoms with E-state index < -0.39 is 0 Å². The van der Waals surface area contributed by atoms with E-state index in [4.69, 9.17) is 0 Å². The Morgan fingerprint density at radius 1 is 1.27 bits per heavy atom. The zero-order chi connectivity index (χ0) is 10.7. The first-order valence-corrected chi connectivity index (χ1v) is 6.38. The first-order valence-electron chi connectivity index (χ1n) is 5.50. The van der Waals surface area contributed by atoms with Gasteiger partial charge < -0.3 is 0 Å². The van der Waals surface area contributed by atoms with Crippen LogP contribution in [0.2, 0.25) is 0 Å². The highest BCUT2D eigenvalue weighted by molar-refractivity contribution is 8.00. The molecule has 0 bridgehead atoms. The fourth-order valence-corrected chi connectivity index (χ4v) is 3.26. The van der Waals surface area contributed by atoms with E-state index in [1.54, 1.807) is 11.8 Å². The number of carbonyl (C=O) groups excluding carboxylic acids is 1. The van der Waals surface area contributed by atoms with Crippen LogP contribution in [-0.4, -0.2) is 11.0 Å². The van der Waals surface area contributed by atoms with Gasteiger partial charge in [0.1, 0.15) is 5.78 Å². The third-order valence-corrected chi connectivity index (χ3v) is 4.16. The SMILES string of the molecule is C[C@@H]1CCC(=O)[C@H](Sc2ccccc2)C1. The largest absolute Gasteiger partial charge is 0.298 e.